The molecule has 0 unspecified atom stereocenters. The van der Waals surface area contributed by atoms with Crippen LogP contribution in [0.1, 0.15) is 16.7 Å². The first-order valence-electron chi connectivity index (χ1n) is 6.24. The Morgan fingerprint density at radius 1 is 1.11 bits per heavy atom. The van der Waals surface area contributed by atoms with Gasteiger partial charge in [0, 0.05) is 37.1 Å². The highest BCUT2D eigenvalue weighted by Gasteiger charge is 2.06. The van der Waals surface area contributed by atoms with Crippen molar-refractivity contribution in [3.8, 4) is 0 Å². The summed E-state index contributed by atoms with van der Waals surface area (Å²) in [6, 6.07) is 10.1. The maximum atomic E-state index is 6.26. The van der Waals surface area contributed by atoms with E-state index in [0.29, 0.717) is 6.54 Å². The number of hydrogen-bond acceptors (Lipinski definition) is 3. The Balaban J connectivity index is 2.01. The van der Waals surface area contributed by atoms with Crippen LogP contribution in [0.5, 0.6) is 0 Å². The van der Waals surface area contributed by atoms with Crippen molar-refractivity contribution in [1.82, 2.24) is 9.88 Å². The van der Waals surface area contributed by atoms with Gasteiger partial charge in [0.05, 0.1) is 0 Å². The van der Waals surface area contributed by atoms with E-state index in [9.17, 15) is 0 Å². The normalized spacial score (nSPS) is 10.9. The van der Waals surface area contributed by atoms with E-state index in [2.05, 4.69) is 16.9 Å². The van der Waals surface area contributed by atoms with Crippen LogP contribution in [0.2, 0.25) is 5.02 Å². The third-order valence-electron chi connectivity index (χ3n) is 3.00. The number of hydrogen-bond donors (Lipinski definition) is 1. The molecule has 1 aromatic heterocycles. The number of nitrogens with zero attached hydrogens (tertiary/aromatic N) is 2. The van der Waals surface area contributed by atoms with Crippen LogP contribution in [-0.4, -0.2) is 16.9 Å². The summed E-state index contributed by atoms with van der Waals surface area (Å²) in [6.07, 6.45) is 3.62. The lowest BCUT2D eigenvalue weighted by molar-refractivity contribution is 0.319. The predicted octanol–water partition coefficient (Wildman–Crippen LogP) is 2.83. The van der Waals surface area contributed by atoms with E-state index in [0.717, 1.165) is 29.2 Å². The lowest BCUT2D eigenvalue weighted by atomic mass is 10.1. The van der Waals surface area contributed by atoms with Gasteiger partial charge in [-0.2, -0.15) is 0 Å². The molecular weight excluding hydrogens is 258 g/mol. The van der Waals surface area contributed by atoms with Crippen molar-refractivity contribution in [2.45, 2.75) is 19.6 Å². The highest BCUT2D eigenvalue weighted by atomic mass is 35.5. The molecular formula is C15H18ClN3. The molecule has 0 aliphatic heterocycles. The zero-order valence-corrected chi connectivity index (χ0v) is 11.8. The summed E-state index contributed by atoms with van der Waals surface area (Å²) in [5.41, 5.74) is 9.02. The molecule has 2 aromatic rings. The molecule has 100 valence electrons. The molecule has 0 spiro atoms. The maximum absolute atomic E-state index is 6.26. The third-order valence-corrected chi connectivity index (χ3v) is 3.35. The second kappa shape index (κ2) is 6.66. The number of pyridine rings is 1. The molecule has 0 aliphatic carbocycles. The average molecular weight is 276 g/mol. The van der Waals surface area contributed by atoms with E-state index >= 15 is 0 Å². The van der Waals surface area contributed by atoms with Crippen molar-refractivity contribution >= 4 is 11.6 Å². The van der Waals surface area contributed by atoms with E-state index in [-0.39, 0.29) is 0 Å². The molecule has 0 atom stereocenters. The number of rotatable bonds is 5. The Labute approximate surface area is 119 Å². The first kappa shape index (κ1) is 14.0. The van der Waals surface area contributed by atoms with Crippen molar-refractivity contribution in [3.05, 3.63) is 64.4 Å². The van der Waals surface area contributed by atoms with Gasteiger partial charge in [-0.15, -0.1) is 0 Å². The fraction of sp³-hybridized carbons (Fsp3) is 0.267. The number of nitrogens with two attached hydrogens (primary N) is 1. The van der Waals surface area contributed by atoms with E-state index in [1.165, 1.54) is 5.56 Å². The van der Waals surface area contributed by atoms with E-state index < -0.39 is 0 Å². The van der Waals surface area contributed by atoms with Crippen LogP contribution in [0.3, 0.4) is 0 Å². The van der Waals surface area contributed by atoms with Crippen LogP contribution in [-0.2, 0) is 19.6 Å². The summed E-state index contributed by atoms with van der Waals surface area (Å²) in [6.45, 7) is 2.20. The predicted molar refractivity (Wildman–Crippen MR) is 78.8 cm³/mol. The van der Waals surface area contributed by atoms with Crippen LogP contribution in [0.4, 0.5) is 0 Å². The van der Waals surface area contributed by atoms with Crippen molar-refractivity contribution in [2.75, 3.05) is 7.05 Å². The van der Waals surface area contributed by atoms with Gasteiger partial charge < -0.3 is 5.73 Å². The molecule has 2 N–H and O–H groups in total. The minimum Gasteiger partial charge on any atom is -0.326 e. The van der Waals surface area contributed by atoms with Gasteiger partial charge in [-0.05, 0) is 41.9 Å². The first-order chi connectivity index (χ1) is 9.19. The fourth-order valence-electron chi connectivity index (χ4n) is 1.99. The summed E-state index contributed by atoms with van der Waals surface area (Å²) >= 11 is 6.26. The lowest BCUT2D eigenvalue weighted by Gasteiger charge is -2.17. The van der Waals surface area contributed by atoms with Gasteiger partial charge in [-0.25, -0.2) is 0 Å². The number of aromatic nitrogens is 1. The van der Waals surface area contributed by atoms with Crippen LogP contribution in [0.15, 0.2) is 42.7 Å². The van der Waals surface area contributed by atoms with E-state index in [1.807, 2.05) is 42.7 Å². The summed E-state index contributed by atoms with van der Waals surface area (Å²) in [5, 5.41) is 0.782. The highest BCUT2D eigenvalue weighted by molar-refractivity contribution is 6.31. The second-order valence-electron chi connectivity index (χ2n) is 4.66. The molecule has 4 heteroatoms. The summed E-state index contributed by atoms with van der Waals surface area (Å²) in [5.74, 6) is 0. The Kier molecular flexibility index (Phi) is 4.91. The van der Waals surface area contributed by atoms with Gasteiger partial charge >= 0.3 is 0 Å². The Morgan fingerprint density at radius 3 is 2.47 bits per heavy atom. The SMILES string of the molecule is CN(Cc1ccncc1)Cc1ccc(CN)cc1Cl. The first-order valence-corrected chi connectivity index (χ1v) is 6.61. The van der Waals surface area contributed by atoms with Crippen molar-refractivity contribution in [2.24, 2.45) is 5.73 Å². The molecule has 0 saturated carbocycles. The van der Waals surface area contributed by atoms with Crippen molar-refractivity contribution in [3.63, 3.8) is 0 Å². The molecule has 0 amide bonds. The standard InChI is InChI=1S/C15H18ClN3/c1-19(10-12-4-6-18-7-5-12)11-14-3-2-13(9-17)8-15(14)16/h2-8H,9-11,17H2,1H3. The minimum atomic E-state index is 0.521. The Bertz CT molecular complexity index is 528. The Morgan fingerprint density at radius 2 is 1.84 bits per heavy atom. The maximum Gasteiger partial charge on any atom is 0.0454 e. The second-order valence-corrected chi connectivity index (χ2v) is 5.06. The van der Waals surface area contributed by atoms with Crippen molar-refractivity contribution in [1.29, 1.82) is 0 Å². The molecule has 0 bridgehead atoms. The van der Waals surface area contributed by atoms with Gasteiger partial charge in [-0.1, -0.05) is 23.7 Å². The Hall–Kier alpha value is -1.42. The molecule has 3 nitrogen and oxygen atoms in total. The van der Waals surface area contributed by atoms with E-state index in [1.54, 1.807) is 0 Å². The van der Waals surface area contributed by atoms with Crippen LogP contribution < -0.4 is 5.73 Å². The highest BCUT2D eigenvalue weighted by Crippen LogP contribution is 2.19. The third kappa shape index (κ3) is 4.03. The molecule has 1 heterocycles. The van der Waals surface area contributed by atoms with E-state index in [4.69, 9.17) is 17.3 Å². The summed E-state index contributed by atoms with van der Waals surface area (Å²) < 4.78 is 0. The average Bonchev–Trinajstić information content (AvgIpc) is 2.42. The lowest BCUT2D eigenvalue weighted by Crippen LogP contribution is -2.17. The molecule has 1 aromatic carbocycles. The zero-order chi connectivity index (χ0) is 13.7. The van der Waals surface area contributed by atoms with Crippen LogP contribution in [0, 0.1) is 0 Å². The summed E-state index contributed by atoms with van der Waals surface area (Å²) in [7, 11) is 2.08. The minimum absolute atomic E-state index is 0.521. The van der Waals surface area contributed by atoms with Crippen LogP contribution in [0.25, 0.3) is 0 Å². The molecule has 19 heavy (non-hydrogen) atoms. The van der Waals surface area contributed by atoms with Crippen molar-refractivity contribution < 1.29 is 0 Å². The van der Waals surface area contributed by atoms with Gasteiger partial charge in [0.2, 0.25) is 0 Å². The fourth-order valence-corrected chi connectivity index (χ4v) is 2.26. The monoisotopic (exact) mass is 275 g/mol. The smallest absolute Gasteiger partial charge is 0.0454 e. The molecule has 0 aliphatic rings. The van der Waals surface area contributed by atoms with Gasteiger partial charge in [0.15, 0.2) is 0 Å². The van der Waals surface area contributed by atoms with Gasteiger partial charge in [0.25, 0.3) is 0 Å². The zero-order valence-electron chi connectivity index (χ0n) is 11.0. The molecule has 0 fully saturated rings. The van der Waals surface area contributed by atoms with Gasteiger partial charge in [-0.3, -0.25) is 9.88 Å². The largest absolute Gasteiger partial charge is 0.326 e. The number of halogens is 1. The van der Waals surface area contributed by atoms with Crippen LogP contribution >= 0.6 is 11.6 Å². The quantitative estimate of drug-likeness (QED) is 0.912. The molecule has 0 radical (unpaired) electrons. The molecule has 2 rings (SSSR count). The number of benzene rings is 1. The topological polar surface area (TPSA) is 42.2 Å². The molecule has 0 saturated heterocycles. The van der Waals surface area contributed by atoms with Gasteiger partial charge in [0.1, 0.15) is 0 Å². The summed E-state index contributed by atoms with van der Waals surface area (Å²) in [4.78, 5) is 6.24.